The highest BCUT2D eigenvalue weighted by Gasteiger charge is 2.23. The van der Waals surface area contributed by atoms with E-state index in [4.69, 9.17) is 4.74 Å². The van der Waals surface area contributed by atoms with Gasteiger partial charge < -0.3 is 10.1 Å². The van der Waals surface area contributed by atoms with Gasteiger partial charge in [0.05, 0.1) is 24.3 Å². The van der Waals surface area contributed by atoms with E-state index in [2.05, 4.69) is 32.4 Å². The molecule has 1 aliphatic rings. The molecule has 1 aliphatic heterocycles. The number of amides is 2. The number of thiophene rings is 2. The quantitative estimate of drug-likeness (QED) is 0.882. The smallest absolute Gasteiger partial charge is 0.319 e. The van der Waals surface area contributed by atoms with Crippen molar-refractivity contribution >= 4 is 33.7 Å². The highest BCUT2D eigenvalue weighted by atomic mass is 32.1. The summed E-state index contributed by atoms with van der Waals surface area (Å²) in [5, 5.41) is 12.9. The third-order valence-corrected chi connectivity index (χ3v) is 5.12. The van der Waals surface area contributed by atoms with Crippen LogP contribution < -0.4 is 10.6 Å². The largest absolute Gasteiger partial charge is 0.379 e. The predicted molar refractivity (Wildman–Crippen MR) is 90.8 cm³/mol. The zero-order valence-electron chi connectivity index (χ0n) is 12.2. The van der Waals surface area contributed by atoms with Crippen molar-refractivity contribution < 1.29 is 9.53 Å². The van der Waals surface area contributed by atoms with Crippen LogP contribution >= 0.6 is 22.7 Å². The molecule has 0 saturated carbocycles. The Kier molecular flexibility index (Phi) is 5.44. The summed E-state index contributed by atoms with van der Waals surface area (Å²) in [5.41, 5.74) is 1.25. The molecule has 2 amide bonds. The Balaban J connectivity index is 1.59. The lowest BCUT2D eigenvalue weighted by Gasteiger charge is -2.34. The SMILES string of the molecule is O=C(NC[C@H](c1ccsc1)N1CCOCC1)Nc1cccs1. The first-order chi connectivity index (χ1) is 10.8. The number of nitrogens with zero attached hydrogens (tertiary/aromatic N) is 1. The average Bonchev–Trinajstić information content (AvgIpc) is 3.22. The van der Waals surface area contributed by atoms with E-state index >= 15 is 0 Å². The zero-order chi connectivity index (χ0) is 15.2. The van der Waals surface area contributed by atoms with Crippen LogP contribution in [0.4, 0.5) is 9.80 Å². The number of hydrogen-bond acceptors (Lipinski definition) is 5. The molecule has 2 aromatic heterocycles. The Bertz CT molecular complexity index is 566. The summed E-state index contributed by atoms with van der Waals surface area (Å²) in [6, 6.07) is 5.98. The number of anilines is 1. The van der Waals surface area contributed by atoms with Crippen molar-refractivity contribution in [3.63, 3.8) is 0 Å². The maximum Gasteiger partial charge on any atom is 0.319 e. The summed E-state index contributed by atoms with van der Waals surface area (Å²) in [4.78, 5) is 14.4. The van der Waals surface area contributed by atoms with Crippen molar-refractivity contribution in [3.05, 3.63) is 39.9 Å². The molecular weight excluding hydrogens is 318 g/mol. The molecule has 0 aliphatic carbocycles. The third kappa shape index (κ3) is 4.07. The van der Waals surface area contributed by atoms with E-state index in [1.807, 2.05) is 17.5 Å². The molecule has 22 heavy (non-hydrogen) atoms. The molecular formula is C15H19N3O2S2. The van der Waals surface area contributed by atoms with Crippen molar-refractivity contribution in [2.75, 3.05) is 38.2 Å². The molecule has 3 rings (SSSR count). The minimum Gasteiger partial charge on any atom is -0.379 e. The van der Waals surface area contributed by atoms with Gasteiger partial charge in [-0.15, -0.1) is 11.3 Å². The highest BCUT2D eigenvalue weighted by molar-refractivity contribution is 7.14. The molecule has 0 bridgehead atoms. The van der Waals surface area contributed by atoms with Gasteiger partial charge >= 0.3 is 6.03 Å². The Labute approximate surface area is 137 Å². The summed E-state index contributed by atoms with van der Waals surface area (Å²) in [7, 11) is 0. The number of nitrogens with one attached hydrogen (secondary N) is 2. The van der Waals surface area contributed by atoms with Crippen LogP contribution in [0.2, 0.25) is 0 Å². The van der Waals surface area contributed by atoms with E-state index in [-0.39, 0.29) is 12.1 Å². The van der Waals surface area contributed by atoms with E-state index in [1.165, 1.54) is 16.9 Å². The molecule has 0 aromatic carbocycles. The summed E-state index contributed by atoms with van der Waals surface area (Å²) < 4.78 is 5.43. The van der Waals surface area contributed by atoms with E-state index in [9.17, 15) is 4.79 Å². The van der Waals surface area contributed by atoms with Crippen molar-refractivity contribution in [2.24, 2.45) is 0 Å². The number of hydrogen-bond donors (Lipinski definition) is 2. The molecule has 5 nitrogen and oxygen atoms in total. The molecule has 1 atom stereocenters. The average molecular weight is 337 g/mol. The molecule has 118 valence electrons. The van der Waals surface area contributed by atoms with Crippen LogP contribution in [0.3, 0.4) is 0 Å². The zero-order valence-corrected chi connectivity index (χ0v) is 13.8. The number of rotatable bonds is 5. The molecule has 2 aromatic rings. The van der Waals surface area contributed by atoms with Gasteiger partial charge in [-0.2, -0.15) is 11.3 Å². The fourth-order valence-electron chi connectivity index (χ4n) is 2.51. The van der Waals surface area contributed by atoms with Crippen LogP contribution in [0.25, 0.3) is 0 Å². The lowest BCUT2D eigenvalue weighted by atomic mass is 10.1. The number of morpholine rings is 1. The molecule has 0 spiro atoms. The van der Waals surface area contributed by atoms with Crippen LogP contribution in [-0.4, -0.2) is 43.8 Å². The summed E-state index contributed by atoms with van der Waals surface area (Å²) >= 11 is 3.20. The normalized spacial score (nSPS) is 17.1. The first-order valence-corrected chi connectivity index (χ1v) is 9.07. The fraction of sp³-hybridized carbons (Fsp3) is 0.400. The predicted octanol–water partition coefficient (Wildman–Crippen LogP) is 3.00. The second kappa shape index (κ2) is 7.73. The Morgan fingerprint density at radius 2 is 2.18 bits per heavy atom. The van der Waals surface area contributed by atoms with Crippen LogP contribution in [0, 0.1) is 0 Å². The third-order valence-electron chi connectivity index (χ3n) is 3.63. The number of carbonyl (C=O) groups excluding carboxylic acids is 1. The Morgan fingerprint density at radius 1 is 1.32 bits per heavy atom. The van der Waals surface area contributed by atoms with Gasteiger partial charge in [0, 0.05) is 19.6 Å². The van der Waals surface area contributed by atoms with Gasteiger partial charge in [-0.3, -0.25) is 10.2 Å². The van der Waals surface area contributed by atoms with Gasteiger partial charge in [0.25, 0.3) is 0 Å². The molecule has 7 heteroatoms. The van der Waals surface area contributed by atoms with Gasteiger partial charge in [0.1, 0.15) is 0 Å². The first kappa shape index (κ1) is 15.5. The van der Waals surface area contributed by atoms with E-state index in [1.54, 1.807) is 11.3 Å². The van der Waals surface area contributed by atoms with Crippen LogP contribution in [0.15, 0.2) is 34.3 Å². The standard InChI is InChI=1S/C15H19N3O2S2/c19-15(17-14-2-1-8-22-14)16-10-13(12-3-9-21-11-12)18-4-6-20-7-5-18/h1-3,8-9,11,13H,4-7,10H2,(H2,16,17,19)/t13-/m1/s1. The highest BCUT2D eigenvalue weighted by Crippen LogP contribution is 2.23. The molecule has 3 heterocycles. The van der Waals surface area contributed by atoms with Crippen LogP contribution in [0.5, 0.6) is 0 Å². The van der Waals surface area contributed by atoms with Gasteiger partial charge in [-0.25, -0.2) is 4.79 Å². The fourth-order valence-corrected chi connectivity index (χ4v) is 3.83. The molecule has 1 saturated heterocycles. The molecule has 0 unspecified atom stereocenters. The summed E-state index contributed by atoms with van der Waals surface area (Å²) in [6.07, 6.45) is 0. The van der Waals surface area contributed by atoms with Gasteiger partial charge in [0.15, 0.2) is 0 Å². The number of carbonyl (C=O) groups is 1. The van der Waals surface area contributed by atoms with Crippen LogP contribution in [0.1, 0.15) is 11.6 Å². The van der Waals surface area contributed by atoms with E-state index in [0.29, 0.717) is 6.54 Å². The van der Waals surface area contributed by atoms with Gasteiger partial charge in [-0.05, 0) is 39.9 Å². The lowest BCUT2D eigenvalue weighted by molar-refractivity contribution is 0.0168. The second-order valence-corrected chi connectivity index (χ2v) is 6.76. The van der Waals surface area contributed by atoms with E-state index in [0.717, 1.165) is 31.3 Å². The van der Waals surface area contributed by atoms with Crippen molar-refractivity contribution in [2.45, 2.75) is 6.04 Å². The molecule has 1 fully saturated rings. The van der Waals surface area contributed by atoms with Gasteiger partial charge in [0.2, 0.25) is 0 Å². The molecule has 0 radical (unpaired) electrons. The topological polar surface area (TPSA) is 53.6 Å². The summed E-state index contributed by atoms with van der Waals surface area (Å²) in [5.74, 6) is 0. The van der Waals surface area contributed by atoms with Crippen molar-refractivity contribution in [1.82, 2.24) is 10.2 Å². The first-order valence-electron chi connectivity index (χ1n) is 7.25. The van der Waals surface area contributed by atoms with Gasteiger partial charge in [-0.1, -0.05) is 0 Å². The Hall–Kier alpha value is -1.41. The Morgan fingerprint density at radius 3 is 2.86 bits per heavy atom. The molecule has 2 N–H and O–H groups in total. The summed E-state index contributed by atoms with van der Waals surface area (Å²) in [6.45, 7) is 3.89. The van der Waals surface area contributed by atoms with Crippen molar-refractivity contribution in [1.29, 1.82) is 0 Å². The number of urea groups is 1. The lowest BCUT2D eigenvalue weighted by Crippen LogP contribution is -2.44. The minimum atomic E-state index is -0.157. The number of ether oxygens (including phenoxy) is 1. The monoisotopic (exact) mass is 337 g/mol. The maximum atomic E-state index is 12.0. The van der Waals surface area contributed by atoms with Crippen molar-refractivity contribution in [3.8, 4) is 0 Å². The van der Waals surface area contributed by atoms with E-state index < -0.39 is 0 Å². The maximum absolute atomic E-state index is 12.0. The minimum absolute atomic E-state index is 0.157. The van der Waals surface area contributed by atoms with Crippen LogP contribution in [-0.2, 0) is 4.74 Å². The second-order valence-electron chi connectivity index (χ2n) is 5.03.